The molecule has 3 heterocycles. The zero-order chi connectivity index (χ0) is 18.6. The van der Waals surface area contributed by atoms with Crippen LogP contribution in [0.4, 0.5) is 5.69 Å². The van der Waals surface area contributed by atoms with Gasteiger partial charge in [0.2, 0.25) is 0 Å². The largest absolute Gasteiger partial charge is 0.389 e. The maximum Gasteiger partial charge on any atom is 0.161 e. The molecule has 26 heavy (non-hydrogen) atoms. The molecule has 0 aliphatic carbocycles. The Morgan fingerprint density at radius 2 is 1.85 bits per heavy atom. The molecule has 3 unspecified atom stereocenters. The number of aliphatic hydroxyl groups is 1. The van der Waals surface area contributed by atoms with Crippen molar-refractivity contribution in [3.63, 3.8) is 0 Å². The van der Waals surface area contributed by atoms with E-state index >= 15 is 0 Å². The number of benzene rings is 1. The maximum atomic E-state index is 12.5. The second kappa shape index (κ2) is 5.82. The van der Waals surface area contributed by atoms with Gasteiger partial charge in [-0.25, -0.2) is 13.4 Å². The second-order valence-corrected chi connectivity index (χ2v) is 9.06. The second-order valence-electron chi connectivity index (χ2n) is 6.90. The van der Waals surface area contributed by atoms with Gasteiger partial charge in [0.1, 0.15) is 5.25 Å². The molecule has 1 aliphatic heterocycles. The van der Waals surface area contributed by atoms with Crippen LogP contribution in [-0.4, -0.2) is 35.3 Å². The van der Waals surface area contributed by atoms with Gasteiger partial charge in [0, 0.05) is 23.7 Å². The predicted molar refractivity (Wildman–Crippen MR) is 101 cm³/mol. The molecule has 0 fully saturated rings. The number of imidazole rings is 1. The van der Waals surface area contributed by atoms with Crippen LogP contribution >= 0.6 is 0 Å². The average Bonchev–Trinajstić information content (AvgIpc) is 2.88. The van der Waals surface area contributed by atoms with Crippen LogP contribution in [0.2, 0.25) is 0 Å². The summed E-state index contributed by atoms with van der Waals surface area (Å²) in [6.07, 6.45) is 1.89. The first-order valence-corrected chi connectivity index (χ1v) is 10.4. The van der Waals surface area contributed by atoms with Crippen molar-refractivity contribution in [2.45, 2.75) is 31.2 Å². The quantitative estimate of drug-likeness (QED) is 0.723. The van der Waals surface area contributed by atoms with E-state index in [0.29, 0.717) is 16.9 Å². The molecule has 0 spiro atoms. The number of hydrogen-bond acceptors (Lipinski definition) is 5. The van der Waals surface area contributed by atoms with E-state index in [1.54, 1.807) is 6.07 Å². The van der Waals surface area contributed by atoms with E-state index in [-0.39, 0.29) is 0 Å². The van der Waals surface area contributed by atoms with E-state index in [1.807, 2.05) is 54.8 Å². The molecule has 0 amide bonds. The summed E-state index contributed by atoms with van der Waals surface area (Å²) in [6.45, 7) is 3.90. The SMILES string of the molecule is Cc1nc2c3c(ccn2c1C)C(S(C)(=O)=O)C(O)C(c1ccccc1)N3. The standard InChI is InChI=1S/C19H21N3O3S/c1-11-12(2)22-10-9-14-16(19(22)20-11)21-15(13-7-5-4-6-8-13)17(23)18(14)26(3,24)25/h4-10,15,17-18,21,23H,1-3H3. The lowest BCUT2D eigenvalue weighted by Gasteiger charge is -2.37. The van der Waals surface area contributed by atoms with Gasteiger partial charge in [-0.15, -0.1) is 0 Å². The number of hydrogen-bond donors (Lipinski definition) is 2. The van der Waals surface area contributed by atoms with Crippen molar-refractivity contribution in [2.75, 3.05) is 11.6 Å². The van der Waals surface area contributed by atoms with Crippen LogP contribution < -0.4 is 5.32 Å². The summed E-state index contributed by atoms with van der Waals surface area (Å²) in [5, 5.41) is 13.3. The number of aliphatic hydroxyl groups excluding tert-OH is 1. The average molecular weight is 371 g/mol. The van der Waals surface area contributed by atoms with Gasteiger partial charge in [-0.05, 0) is 25.5 Å². The lowest BCUT2D eigenvalue weighted by atomic mass is 9.91. The van der Waals surface area contributed by atoms with Gasteiger partial charge in [0.15, 0.2) is 15.5 Å². The van der Waals surface area contributed by atoms with Gasteiger partial charge in [0.05, 0.1) is 23.5 Å². The summed E-state index contributed by atoms with van der Waals surface area (Å²) in [4.78, 5) is 4.62. The van der Waals surface area contributed by atoms with Gasteiger partial charge in [0.25, 0.3) is 0 Å². The number of anilines is 1. The normalized spacial score (nSPS) is 22.8. The third-order valence-electron chi connectivity index (χ3n) is 5.18. The van der Waals surface area contributed by atoms with Gasteiger partial charge in [-0.2, -0.15) is 0 Å². The summed E-state index contributed by atoms with van der Waals surface area (Å²) in [7, 11) is -3.53. The molecule has 0 saturated carbocycles. The van der Waals surface area contributed by atoms with E-state index in [4.69, 9.17) is 0 Å². The van der Waals surface area contributed by atoms with Crippen molar-refractivity contribution in [1.82, 2.24) is 9.38 Å². The molecule has 0 radical (unpaired) electrons. The van der Waals surface area contributed by atoms with Crippen LogP contribution in [0.15, 0.2) is 42.6 Å². The molecule has 7 heteroatoms. The fourth-order valence-corrected chi connectivity index (χ4v) is 5.08. The molecule has 0 bridgehead atoms. The molecule has 3 aromatic rings. The predicted octanol–water partition coefficient (Wildman–Crippen LogP) is 2.56. The van der Waals surface area contributed by atoms with Crippen LogP contribution in [0.3, 0.4) is 0 Å². The van der Waals surface area contributed by atoms with Gasteiger partial charge < -0.3 is 14.8 Å². The summed E-state index contributed by atoms with van der Waals surface area (Å²) in [5.74, 6) is 0. The Hall–Kier alpha value is -2.38. The Labute approximate surface area is 152 Å². The lowest BCUT2D eigenvalue weighted by Crippen LogP contribution is -2.39. The number of nitrogens with zero attached hydrogens (tertiary/aromatic N) is 2. The van der Waals surface area contributed by atoms with E-state index < -0.39 is 27.2 Å². The number of sulfone groups is 1. The van der Waals surface area contributed by atoms with Crippen molar-refractivity contribution in [3.05, 3.63) is 65.1 Å². The molecule has 1 aliphatic rings. The van der Waals surface area contributed by atoms with Crippen molar-refractivity contribution in [1.29, 1.82) is 0 Å². The third-order valence-corrected chi connectivity index (χ3v) is 6.64. The first-order valence-electron chi connectivity index (χ1n) is 8.45. The molecule has 2 N–H and O–H groups in total. The zero-order valence-electron chi connectivity index (χ0n) is 14.8. The van der Waals surface area contributed by atoms with Crippen LogP contribution in [0, 0.1) is 13.8 Å². The number of aromatic nitrogens is 2. The van der Waals surface area contributed by atoms with E-state index in [2.05, 4.69) is 10.3 Å². The lowest BCUT2D eigenvalue weighted by molar-refractivity contribution is 0.142. The Balaban J connectivity index is 1.99. The van der Waals surface area contributed by atoms with Crippen molar-refractivity contribution < 1.29 is 13.5 Å². The summed E-state index contributed by atoms with van der Waals surface area (Å²) >= 11 is 0. The monoisotopic (exact) mass is 371 g/mol. The van der Waals surface area contributed by atoms with Gasteiger partial charge >= 0.3 is 0 Å². The molecule has 0 saturated heterocycles. The number of fused-ring (bicyclic) bond motifs is 3. The number of rotatable bonds is 2. The first-order chi connectivity index (χ1) is 12.3. The maximum absolute atomic E-state index is 12.5. The van der Waals surface area contributed by atoms with Gasteiger partial charge in [-0.3, -0.25) is 0 Å². The summed E-state index contributed by atoms with van der Waals surface area (Å²) in [6, 6.07) is 10.6. The molecule has 3 atom stereocenters. The molecular formula is C19H21N3O3S. The third kappa shape index (κ3) is 2.50. The van der Waals surface area contributed by atoms with Crippen molar-refractivity contribution >= 4 is 21.2 Å². The summed E-state index contributed by atoms with van der Waals surface area (Å²) in [5.41, 5.74) is 4.63. The fraction of sp³-hybridized carbons (Fsp3) is 0.316. The highest BCUT2D eigenvalue weighted by molar-refractivity contribution is 7.91. The van der Waals surface area contributed by atoms with E-state index in [0.717, 1.165) is 17.0 Å². The zero-order valence-corrected chi connectivity index (χ0v) is 15.7. The topological polar surface area (TPSA) is 83.7 Å². The van der Waals surface area contributed by atoms with Gasteiger partial charge in [-0.1, -0.05) is 30.3 Å². The molecule has 136 valence electrons. The van der Waals surface area contributed by atoms with Crippen molar-refractivity contribution in [3.8, 4) is 0 Å². The first kappa shape index (κ1) is 17.1. The highest BCUT2D eigenvalue weighted by Gasteiger charge is 2.43. The highest BCUT2D eigenvalue weighted by atomic mass is 32.2. The molecule has 2 aromatic heterocycles. The molecule has 4 rings (SSSR count). The van der Waals surface area contributed by atoms with E-state index in [1.165, 1.54) is 6.26 Å². The smallest absolute Gasteiger partial charge is 0.161 e. The van der Waals surface area contributed by atoms with Crippen molar-refractivity contribution in [2.24, 2.45) is 0 Å². The minimum absolute atomic E-state index is 0.535. The van der Waals surface area contributed by atoms with E-state index in [9.17, 15) is 13.5 Å². The number of nitrogens with one attached hydrogen (secondary N) is 1. The Morgan fingerprint density at radius 3 is 2.50 bits per heavy atom. The molecule has 6 nitrogen and oxygen atoms in total. The number of aryl methyl sites for hydroxylation is 2. The van der Waals surface area contributed by atoms with Crippen LogP contribution in [0.5, 0.6) is 0 Å². The molecule has 1 aromatic carbocycles. The summed E-state index contributed by atoms with van der Waals surface area (Å²) < 4.78 is 27.0. The van der Waals surface area contributed by atoms with Crippen LogP contribution in [-0.2, 0) is 9.84 Å². The molecular weight excluding hydrogens is 350 g/mol. The number of pyridine rings is 1. The Bertz CT molecular complexity index is 1090. The van der Waals surface area contributed by atoms with Crippen LogP contribution in [0.1, 0.15) is 33.8 Å². The minimum Gasteiger partial charge on any atom is -0.389 e. The Kier molecular flexibility index (Phi) is 3.82. The highest BCUT2D eigenvalue weighted by Crippen LogP contribution is 2.44. The van der Waals surface area contributed by atoms with Crippen LogP contribution in [0.25, 0.3) is 5.65 Å². The fourth-order valence-electron chi connectivity index (χ4n) is 3.76. The Morgan fingerprint density at radius 1 is 1.15 bits per heavy atom. The minimum atomic E-state index is -3.53.